The highest BCUT2D eigenvalue weighted by molar-refractivity contribution is 6.99. The van der Waals surface area contributed by atoms with Gasteiger partial charge in [0, 0.05) is 12.8 Å². The van der Waals surface area contributed by atoms with Gasteiger partial charge in [-0.1, -0.05) is 81.4 Å². The maximum absolute atomic E-state index is 14.7. The van der Waals surface area contributed by atoms with Crippen LogP contribution >= 0.6 is 0 Å². The third-order valence-electron chi connectivity index (χ3n) is 6.50. The summed E-state index contributed by atoms with van der Waals surface area (Å²) in [6.45, 7) is 6.71. The van der Waals surface area contributed by atoms with E-state index in [1.165, 1.54) is 0 Å². The number of rotatable bonds is 5. The summed E-state index contributed by atoms with van der Waals surface area (Å²) in [5, 5.41) is 2.13. The van der Waals surface area contributed by atoms with Crippen LogP contribution in [0.1, 0.15) is 41.4 Å². The van der Waals surface area contributed by atoms with Crippen molar-refractivity contribution >= 4 is 24.6 Å². The van der Waals surface area contributed by atoms with Gasteiger partial charge in [-0.05, 0) is 21.8 Å². The van der Waals surface area contributed by atoms with Crippen molar-refractivity contribution in [1.82, 2.24) is 4.90 Å². The van der Waals surface area contributed by atoms with Gasteiger partial charge >= 0.3 is 0 Å². The van der Waals surface area contributed by atoms with Crippen LogP contribution < -0.4 is 10.4 Å². The minimum atomic E-state index is -2.77. The predicted molar refractivity (Wildman–Crippen MR) is 117 cm³/mol. The van der Waals surface area contributed by atoms with Crippen molar-refractivity contribution in [2.45, 2.75) is 56.8 Å². The molecule has 0 unspecified atom stereocenters. The lowest BCUT2D eigenvalue weighted by atomic mass is 9.95. The van der Waals surface area contributed by atoms with Gasteiger partial charge in [-0.15, -0.1) is 0 Å². The van der Waals surface area contributed by atoms with Crippen LogP contribution in [0.4, 0.5) is 4.39 Å². The van der Waals surface area contributed by atoms with Crippen LogP contribution in [0, 0.1) is 0 Å². The molecule has 2 aliphatic heterocycles. The van der Waals surface area contributed by atoms with Crippen molar-refractivity contribution in [3.8, 4) is 0 Å². The van der Waals surface area contributed by atoms with E-state index in [4.69, 9.17) is 5.80 Å². The number of hydrogen-bond acceptors (Lipinski definition) is 2. The standard InChI is InChI=1S/C24H30FNO2Si/c1-23(2,3)29(20-10-6-4-7-11-20,21-12-8-5-9-13-21)28-18-24-15-14-22(27)26(24)17-19(25)16-24/h4-13,19H,14-18H2,1-3H3/t19-,24+/m1/s1/i19D. The van der Waals surface area contributed by atoms with E-state index in [0.717, 1.165) is 10.4 Å². The number of amides is 1. The normalized spacial score (nSPS) is 27.8. The van der Waals surface area contributed by atoms with Gasteiger partial charge in [0.2, 0.25) is 5.91 Å². The highest BCUT2D eigenvalue weighted by atomic mass is 28.4. The molecule has 4 rings (SSSR count). The summed E-state index contributed by atoms with van der Waals surface area (Å²) >= 11 is 0. The quantitative estimate of drug-likeness (QED) is 0.702. The van der Waals surface area contributed by atoms with Crippen LogP contribution in [0.25, 0.3) is 0 Å². The maximum Gasteiger partial charge on any atom is 0.261 e. The number of nitrogens with zero attached hydrogens (tertiary/aromatic N) is 1. The van der Waals surface area contributed by atoms with E-state index >= 15 is 0 Å². The van der Waals surface area contributed by atoms with Crippen LogP contribution in [0.5, 0.6) is 0 Å². The van der Waals surface area contributed by atoms with Crippen molar-refractivity contribution in [3.05, 3.63) is 60.7 Å². The average Bonchev–Trinajstić information content (AvgIpc) is 3.14. The highest BCUT2D eigenvalue weighted by Crippen LogP contribution is 2.43. The van der Waals surface area contributed by atoms with Crippen LogP contribution in [-0.2, 0) is 9.22 Å². The number of fused-ring (bicyclic) bond motifs is 1. The van der Waals surface area contributed by atoms with Gasteiger partial charge in [-0.3, -0.25) is 4.79 Å². The van der Waals surface area contributed by atoms with Gasteiger partial charge < -0.3 is 9.33 Å². The first-order valence-electron chi connectivity index (χ1n) is 10.8. The van der Waals surface area contributed by atoms with E-state index < -0.39 is 20.0 Å². The smallest absolute Gasteiger partial charge is 0.261 e. The van der Waals surface area contributed by atoms with Crippen molar-refractivity contribution < 1.29 is 15.0 Å². The maximum atomic E-state index is 14.7. The van der Waals surface area contributed by atoms with Crippen LogP contribution in [0.3, 0.4) is 0 Å². The third kappa shape index (κ3) is 3.34. The fourth-order valence-electron chi connectivity index (χ4n) is 5.10. The monoisotopic (exact) mass is 412 g/mol. The molecular formula is C24H30FNO2Si. The SMILES string of the molecule is [2H][C@]1(F)CN2C(=O)CC[C@@]2(CO[Si](c2ccccc2)(c2ccccc2)C(C)(C)C)C1. The molecule has 154 valence electrons. The first-order valence-corrected chi connectivity index (χ1v) is 12.3. The Hall–Kier alpha value is -1.98. The summed E-state index contributed by atoms with van der Waals surface area (Å²) in [7, 11) is -2.77. The second-order valence-electron chi connectivity index (χ2n) is 9.35. The molecule has 0 saturated carbocycles. The zero-order valence-electron chi connectivity index (χ0n) is 18.5. The van der Waals surface area contributed by atoms with E-state index in [1.54, 1.807) is 4.90 Å². The molecule has 3 nitrogen and oxygen atoms in total. The lowest BCUT2D eigenvalue weighted by Crippen LogP contribution is -2.68. The Morgan fingerprint density at radius 3 is 2.21 bits per heavy atom. The second-order valence-corrected chi connectivity index (χ2v) is 13.7. The zero-order chi connectivity index (χ0) is 21.6. The fourth-order valence-corrected chi connectivity index (χ4v) is 9.74. The molecule has 2 aromatic carbocycles. The number of hydrogen-bond donors (Lipinski definition) is 0. The molecule has 5 heteroatoms. The summed E-state index contributed by atoms with van der Waals surface area (Å²) in [5.41, 5.74) is -0.722. The van der Waals surface area contributed by atoms with Gasteiger partial charge in [0.05, 0.1) is 20.1 Å². The molecule has 2 aliphatic rings. The topological polar surface area (TPSA) is 29.5 Å². The van der Waals surface area contributed by atoms with E-state index in [0.29, 0.717) is 12.8 Å². The molecule has 2 saturated heterocycles. The molecule has 2 fully saturated rings. The van der Waals surface area contributed by atoms with Crippen molar-refractivity contribution in [2.75, 3.05) is 13.2 Å². The Bertz CT molecular complexity index is 876. The Morgan fingerprint density at radius 2 is 1.69 bits per heavy atom. The Kier molecular flexibility index (Phi) is 4.83. The van der Waals surface area contributed by atoms with Crippen LogP contribution in [0.15, 0.2) is 60.7 Å². The van der Waals surface area contributed by atoms with E-state index in [9.17, 15) is 9.18 Å². The van der Waals surface area contributed by atoms with E-state index in [1.807, 2.05) is 36.4 Å². The molecule has 0 bridgehead atoms. The van der Waals surface area contributed by atoms with Gasteiger partial charge in [0.1, 0.15) is 6.15 Å². The van der Waals surface area contributed by atoms with Crippen molar-refractivity contribution in [2.24, 2.45) is 0 Å². The largest absolute Gasteiger partial charge is 0.405 e. The van der Waals surface area contributed by atoms with Gasteiger partial charge in [0.15, 0.2) is 0 Å². The molecule has 0 N–H and O–H groups in total. The molecule has 0 spiro atoms. The summed E-state index contributed by atoms with van der Waals surface area (Å²) in [5.74, 6) is -0.0622. The predicted octanol–water partition coefficient (Wildman–Crippen LogP) is 3.67. The molecule has 0 aliphatic carbocycles. The van der Waals surface area contributed by atoms with Crippen molar-refractivity contribution in [3.63, 3.8) is 0 Å². The lowest BCUT2D eigenvalue weighted by molar-refractivity contribution is -0.130. The average molecular weight is 413 g/mol. The molecule has 0 aromatic heterocycles. The minimum Gasteiger partial charge on any atom is -0.405 e. The summed E-state index contributed by atoms with van der Waals surface area (Å²) in [6, 6.07) is 20.6. The van der Waals surface area contributed by atoms with Crippen LogP contribution in [-0.4, -0.2) is 44.0 Å². The molecule has 2 atom stereocenters. The van der Waals surface area contributed by atoms with Gasteiger partial charge in [0.25, 0.3) is 8.32 Å². The Morgan fingerprint density at radius 1 is 1.14 bits per heavy atom. The molecule has 2 aromatic rings. The summed E-state index contributed by atoms with van der Waals surface area (Å²) < 4.78 is 29.7. The summed E-state index contributed by atoms with van der Waals surface area (Å²) in [4.78, 5) is 14.0. The first-order chi connectivity index (χ1) is 14.1. The molecule has 1 amide bonds. The molecular weight excluding hydrogens is 381 g/mol. The second kappa shape index (κ2) is 7.37. The Balaban J connectivity index is 1.79. The lowest BCUT2D eigenvalue weighted by Gasteiger charge is -2.45. The Labute approximate surface area is 175 Å². The molecule has 29 heavy (non-hydrogen) atoms. The molecule has 0 radical (unpaired) electrons. The minimum absolute atomic E-state index is 0.0178. The fraction of sp³-hybridized carbons (Fsp3) is 0.458. The number of carbonyl (C=O) groups is 1. The van der Waals surface area contributed by atoms with Crippen LogP contribution in [0.2, 0.25) is 5.04 Å². The number of carbonyl (C=O) groups excluding carboxylic acids is 1. The first kappa shape index (κ1) is 19.0. The van der Waals surface area contributed by atoms with E-state index in [-0.39, 0.29) is 30.5 Å². The zero-order valence-corrected chi connectivity index (χ0v) is 18.5. The number of benzene rings is 2. The molecule has 2 heterocycles. The highest BCUT2D eigenvalue weighted by Gasteiger charge is 2.56. The van der Waals surface area contributed by atoms with E-state index in [2.05, 4.69) is 45.0 Å². The van der Waals surface area contributed by atoms with Gasteiger partial charge in [-0.25, -0.2) is 4.39 Å². The summed E-state index contributed by atoms with van der Waals surface area (Å²) in [6.07, 6.45) is -1.14. The van der Waals surface area contributed by atoms with Crippen molar-refractivity contribution in [1.29, 1.82) is 0 Å². The number of alkyl halides is 1. The number of halogens is 1. The third-order valence-corrected chi connectivity index (χ3v) is 11.5. The van der Waals surface area contributed by atoms with Gasteiger partial charge in [-0.2, -0.15) is 0 Å².